The molecule has 184 valence electrons. The van der Waals surface area contributed by atoms with Crippen LogP contribution in [0.2, 0.25) is 0 Å². The molecular formula is C27H23BrN2O4S2. The van der Waals surface area contributed by atoms with E-state index in [4.69, 9.17) is 21.7 Å². The molecular weight excluding hydrogens is 560 g/mol. The molecule has 0 aromatic heterocycles. The van der Waals surface area contributed by atoms with Gasteiger partial charge < -0.3 is 9.47 Å². The smallest absolute Gasteiger partial charge is 0.285 e. The van der Waals surface area contributed by atoms with Crippen LogP contribution < -0.4 is 14.9 Å². The normalized spacial score (nSPS) is 14.3. The Labute approximate surface area is 227 Å². The summed E-state index contributed by atoms with van der Waals surface area (Å²) in [4.78, 5) is 26.0. The molecule has 1 N–H and O–H groups in total. The van der Waals surface area contributed by atoms with Gasteiger partial charge >= 0.3 is 0 Å². The predicted octanol–water partition coefficient (Wildman–Crippen LogP) is 6.20. The second-order valence-corrected chi connectivity index (χ2v) is 10.7. The molecule has 0 atom stereocenters. The summed E-state index contributed by atoms with van der Waals surface area (Å²) < 4.78 is 12.5. The van der Waals surface area contributed by atoms with Crippen LogP contribution in [0.1, 0.15) is 32.6 Å². The lowest BCUT2D eigenvalue weighted by atomic mass is 10.1. The van der Waals surface area contributed by atoms with E-state index in [1.165, 1.54) is 0 Å². The standard InChI is InChI=1S/C27H23BrN2O4S2/c1-16-7-9-20(10-8-16)25(31)29-30-26(32)23(36-27(30)35)14-19-12-21(28)24(22(13-19)33-3)34-15-18-6-4-5-17(2)11-18/h4-14H,15H2,1-3H3,(H,29,31)/b23-14+. The number of rotatable bonds is 7. The van der Waals surface area contributed by atoms with Crippen LogP contribution in [0.4, 0.5) is 0 Å². The van der Waals surface area contributed by atoms with Crippen molar-refractivity contribution in [1.82, 2.24) is 10.4 Å². The largest absolute Gasteiger partial charge is 0.493 e. The van der Waals surface area contributed by atoms with Gasteiger partial charge in [-0.1, -0.05) is 59.3 Å². The highest BCUT2D eigenvalue weighted by Gasteiger charge is 2.34. The first-order valence-corrected chi connectivity index (χ1v) is 13.0. The highest BCUT2D eigenvalue weighted by atomic mass is 79.9. The fourth-order valence-electron chi connectivity index (χ4n) is 3.51. The van der Waals surface area contributed by atoms with Gasteiger partial charge in [0, 0.05) is 5.56 Å². The van der Waals surface area contributed by atoms with Crippen LogP contribution in [0.15, 0.2) is 70.0 Å². The molecule has 1 aliphatic rings. The Morgan fingerprint density at radius 2 is 1.86 bits per heavy atom. The van der Waals surface area contributed by atoms with Crippen molar-refractivity contribution in [3.63, 3.8) is 0 Å². The summed E-state index contributed by atoms with van der Waals surface area (Å²) in [6.07, 6.45) is 1.70. The summed E-state index contributed by atoms with van der Waals surface area (Å²) in [5.41, 5.74) is 6.99. The van der Waals surface area contributed by atoms with E-state index in [0.717, 1.165) is 33.5 Å². The molecule has 6 nitrogen and oxygen atoms in total. The zero-order valence-corrected chi connectivity index (χ0v) is 23.1. The first-order valence-electron chi connectivity index (χ1n) is 11.0. The average molecular weight is 584 g/mol. The number of hydrogen-bond donors (Lipinski definition) is 1. The fraction of sp³-hybridized carbons (Fsp3) is 0.148. The van der Waals surface area contributed by atoms with Gasteiger partial charge in [0.25, 0.3) is 11.8 Å². The molecule has 0 bridgehead atoms. The molecule has 0 radical (unpaired) electrons. The third kappa shape index (κ3) is 5.98. The number of nitrogens with one attached hydrogen (secondary N) is 1. The zero-order chi connectivity index (χ0) is 25.8. The monoisotopic (exact) mass is 582 g/mol. The molecule has 4 rings (SSSR count). The van der Waals surface area contributed by atoms with Gasteiger partial charge in [-0.2, -0.15) is 5.01 Å². The number of nitrogens with zero attached hydrogens (tertiary/aromatic N) is 1. The SMILES string of the molecule is COc1cc(/C=C2/SC(=S)N(NC(=O)c3ccc(C)cc3)C2=O)cc(Br)c1OCc1cccc(C)c1. The number of hydrogen-bond acceptors (Lipinski definition) is 6. The number of thioether (sulfide) groups is 1. The lowest BCUT2D eigenvalue weighted by Crippen LogP contribution is -2.44. The van der Waals surface area contributed by atoms with Gasteiger partial charge in [-0.15, -0.1) is 0 Å². The number of benzene rings is 3. The number of carbonyl (C=O) groups is 2. The van der Waals surface area contributed by atoms with E-state index in [1.807, 2.05) is 50.2 Å². The van der Waals surface area contributed by atoms with E-state index < -0.39 is 11.8 Å². The van der Waals surface area contributed by atoms with Crippen molar-refractivity contribution in [3.8, 4) is 11.5 Å². The Kier molecular flexibility index (Phi) is 8.13. The quantitative estimate of drug-likeness (QED) is 0.264. The van der Waals surface area contributed by atoms with Crippen LogP contribution in [0, 0.1) is 13.8 Å². The lowest BCUT2D eigenvalue weighted by Gasteiger charge is -2.15. The van der Waals surface area contributed by atoms with Gasteiger partial charge in [-0.3, -0.25) is 15.0 Å². The van der Waals surface area contributed by atoms with Gasteiger partial charge in [0.2, 0.25) is 0 Å². The van der Waals surface area contributed by atoms with Crippen molar-refractivity contribution in [2.75, 3.05) is 7.11 Å². The Morgan fingerprint density at radius 3 is 2.56 bits per heavy atom. The molecule has 3 aromatic rings. The molecule has 1 saturated heterocycles. The lowest BCUT2D eigenvalue weighted by molar-refractivity contribution is -0.123. The first kappa shape index (κ1) is 25.9. The second-order valence-electron chi connectivity index (χ2n) is 8.14. The Hall–Kier alpha value is -3.14. The Morgan fingerprint density at radius 1 is 1.11 bits per heavy atom. The van der Waals surface area contributed by atoms with Gasteiger partial charge in [-0.25, -0.2) is 0 Å². The number of halogens is 1. The van der Waals surface area contributed by atoms with E-state index in [9.17, 15) is 9.59 Å². The van der Waals surface area contributed by atoms with E-state index in [-0.39, 0.29) is 4.32 Å². The summed E-state index contributed by atoms with van der Waals surface area (Å²) in [7, 11) is 1.56. The maximum Gasteiger partial charge on any atom is 0.285 e. The summed E-state index contributed by atoms with van der Waals surface area (Å²) >= 11 is 10.0. The Bertz CT molecular complexity index is 1370. The van der Waals surface area contributed by atoms with Gasteiger partial charge in [0.1, 0.15) is 6.61 Å². The van der Waals surface area contributed by atoms with Gasteiger partial charge in [0.05, 0.1) is 16.5 Å². The van der Waals surface area contributed by atoms with Crippen LogP contribution in [-0.2, 0) is 11.4 Å². The zero-order valence-electron chi connectivity index (χ0n) is 19.8. The molecule has 3 aromatic carbocycles. The van der Waals surface area contributed by atoms with Crippen molar-refractivity contribution in [2.24, 2.45) is 0 Å². The van der Waals surface area contributed by atoms with E-state index in [0.29, 0.717) is 38.6 Å². The van der Waals surface area contributed by atoms with Crippen LogP contribution in [0.25, 0.3) is 6.08 Å². The minimum Gasteiger partial charge on any atom is -0.493 e. The number of methoxy groups -OCH3 is 1. The molecule has 2 amide bonds. The topological polar surface area (TPSA) is 67.9 Å². The second kappa shape index (κ2) is 11.3. The molecule has 0 spiro atoms. The summed E-state index contributed by atoms with van der Waals surface area (Å²) in [6, 6.07) is 18.8. The highest BCUT2D eigenvalue weighted by molar-refractivity contribution is 9.10. The van der Waals surface area contributed by atoms with Crippen molar-refractivity contribution in [3.05, 3.63) is 97.9 Å². The number of carbonyl (C=O) groups excluding carboxylic acids is 2. The molecule has 1 heterocycles. The maximum absolute atomic E-state index is 13.0. The number of thiocarbonyl (C=S) groups is 1. The summed E-state index contributed by atoms with van der Waals surface area (Å²) in [6.45, 7) is 4.35. The molecule has 0 saturated carbocycles. The number of hydrazine groups is 1. The summed E-state index contributed by atoms with van der Waals surface area (Å²) in [5, 5.41) is 1.10. The van der Waals surface area contributed by atoms with E-state index in [1.54, 1.807) is 31.4 Å². The maximum atomic E-state index is 13.0. The fourth-order valence-corrected chi connectivity index (χ4v) is 5.26. The molecule has 9 heteroatoms. The minimum atomic E-state index is -0.410. The van der Waals surface area contributed by atoms with Gasteiger partial charge in [0.15, 0.2) is 15.8 Å². The van der Waals surface area contributed by atoms with Crippen LogP contribution in [-0.4, -0.2) is 28.3 Å². The van der Waals surface area contributed by atoms with E-state index in [2.05, 4.69) is 27.4 Å². The van der Waals surface area contributed by atoms with E-state index >= 15 is 0 Å². The van der Waals surface area contributed by atoms with Gasteiger partial charge in [-0.05, 0) is 83.5 Å². The van der Waals surface area contributed by atoms with Crippen LogP contribution in [0.3, 0.4) is 0 Å². The Balaban J connectivity index is 1.51. The first-order chi connectivity index (χ1) is 17.2. The molecule has 0 aliphatic carbocycles. The van der Waals surface area contributed by atoms with Crippen LogP contribution >= 0.6 is 39.9 Å². The van der Waals surface area contributed by atoms with Crippen molar-refractivity contribution < 1.29 is 19.1 Å². The highest BCUT2D eigenvalue weighted by Crippen LogP contribution is 2.39. The van der Waals surface area contributed by atoms with Crippen molar-refractivity contribution in [1.29, 1.82) is 0 Å². The van der Waals surface area contributed by atoms with Crippen LogP contribution in [0.5, 0.6) is 11.5 Å². The molecule has 1 aliphatic heterocycles. The minimum absolute atomic E-state index is 0.246. The number of ether oxygens (including phenoxy) is 2. The predicted molar refractivity (Wildman–Crippen MR) is 150 cm³/mol. The number of aryl methyl sites for hydroxylation is 2. The van der Waals surface area contributed by atoms with Crippen molar-refractivity contribution >= 4 is 62.1 Å². The summed E-state index contributed by atoms with van der Waals surface area (Å²) in [5.74, 6) is 0.271. The third-order valence-electron chi connectivity index (χ3n) is 5.34. The average Bonchev–Trinajstić information content (AvgIpc) is 3.10. The number of amides is 2. The molecule has 0 unspecified atom stereocenters. The third-order valence-corrected chi connectivity index (χ3v) is 7.23. The van der Waals surface area contributed by atoms with Crippen molar-refractivity contribution in [2.45, 2.75) is 20.5 Å². The molecule has 1 fully saturated rings. The molecule has 36 heavy (non-hydrogen) atoms.